The number of piperidine rings is 1. The van der Waals surface area contributed by atoms with Crippen LogP contribution in [0.2, 0.25) is 0 Å². The summed E-state index contributed by atoms with van der Waals surface area (Å²) in [6.07, 6.45) is 3.52. The predicted octanol–water partition coefficient (Wildman–Crippen LogP) is 0.538. The van der Waals surface area contributed by atoms with Gasteiger partial charge in [-0.1, -0.05) is 47.7 Å². The minimum absolute atomic E-state index is 0.0455. The van der Waals surface area contributed by atoms with E-state index in [4.69, 9.17) is 0 Å². The van der Waals surface area contributed by atoms with E-state index in [0.717, 1.165) is 42.3 Å². The van der Waals surface area contributed by atoms with Crippen molar-refractivity contribution in [3.05, 3.63) is 70.8 Å². The van der Waals surface area contributed by atoms with Crippen LogP contribution in [0.5, 0.6) is 0 Å². The zero-order valence-corrected chi connectivity index (χ0v) is 21.8. The van der Waals surface area contributed by atoms with E-state index >= 15 is 0 Å². The monoisotopic (exact) mass is 511 g/mol. The molecule has 2 aliphatic heterocycles. The Kier molecular flexibility index (Phi) is 7.63. The van der Waals surface area contributed by atoms with Crippen LogP contribution in [0, 0.1) is 6.92 Å². The number of sulfonamides is 1. The van der Waals surface area contributed by atoms with Crippen molar-refractivity contribution in [3.63, 3.8) is 0 Å². The third-order valence-corrected chi connectivity index (χ3v) is 8.91. The topological polar surface area (TPSA) is 102 Å². The lowest BCUT2D eigenvalue weighted by molar-refractivity contribution is -0.904. The van der Waals surface area contributed by atoms with Crippen LogP contribution in [0.25, 0.3) is 5.76 Å². The van der Waals surface area contributed by atoms with E-state index in [-0.39, 0.29) is 16.0 Å². The number of ketones is 1. The van der Waals surface area contributed by atoms with Gasteiger partial charge in [0.05, 0.1) is 37.1 Å². The number of carbonyl (C=O) groups is 2. The molecule has 192 valence electrons. The normalized spacial score (nSPS) is 20.9. The van der Waals surface area contributed by atoms with Gasteiger partial charge in [-0.25, -0.2) is 12.7 Å². The van der Waals surface area contributed by atoms with Crippen LogP contribution < -0.4 is 10.0 Å². The van der Waals surface area contributed by atoms with Crippen LogP contribution in [0.4, 0.5) is 0 Å². The van der Waals surface area contributed by atoms with Crippen molar-refractivity contribution in [2.75, 3.05) is 40.3 Å². The highest BCUT2D eigenvalue weighted by Gasteiger charge is 2.44. The van der Waals surface area contributed by atoms with Gasteiger partial charge >= 0.3 is 0 Å². The number of likely N-dealkylation sites (tertiary alicyclic amines) is 2. The first kappa shape index (κ1) is 26.1. The smallest absolute Gasteiger partial charge is 0.295 e. The number of nitrogens with one attached hydrogen (secondary N) is 1. The van der Waals surface area contributed by atoms with Gasteiger partial charge in [-0.05, 0) is 49.4 Å². The van der Waals surface area contributed by atoms with E-state index < -0.39 is 33.5 Å². The molecule has 2 heterocycles. The van der Waals surface area contributed by atoms with Crippen molar-refractivity contribution >= 4 is 27.5 Å². The predicted molar refractivity (Wildman–Crippen MR) is 134 cm³/mol. The first-order valence-corrected chi connectivity index (χ1v) is 13.7. The molecule has 9 heteroatoms. The molecule has 2 saturated heterocycles. The first-order chi connectivity index (χ1) is 17.1. The van der Waals surface area contributed by atoms with Crippen molar-refractivity contribution < 1.29 is 28.0 Å². The molecule has 4 rings (SSSR count). The molecule has 0 aromatic heterocycles. The highest BCUT2D eigenvalue weighted by atomic mass is 32.2. The van der Waals surface area contributed by atoms with Crippen LogP contribution in [-0.4, -0.2) is 69.6 Å². The number of hydrogen-bond donors (Lipinski definition) is 1. The molecule has 0 spiro atoms. The van der Waals surface area contributed by atoms with Gasteiger partial charge in [-0.15, -0.1) is 0 Å². The lowest BCUT2D eigenvalue weighted by atomic mass is 9.95. The minimum atomic E-state index is -3.66. The maximum atomic E-state index is 13.6. The molecular formula is C27H33N3O5S. The Labute approximate surface area is 212 Å². The van der Waals surface area contributed by atoms with Crippen molar-refractivity contribution in [1.82, 2.24) is 9.21 Å². The summed E-state index contributed by atoms with van der Waals surface area (Å²) in [5.74, 6) is -2.00. The van der Waals surface area contributed by atoms with Crippen LogP contribution in [-0.2, 0) is 19.6 Å². The molecule has 0 radical (unpaired) electrons. The third-order valence-electron chi connectivity index (χ3n) is 7.08. The van der Waals surface area contributed by atoms with Crippen molar-refractivity contribution in [1.29, 1.82) is 0 Å². The lowest BCUT2D eigenvalue weighted by Gasteiger charge is -2.30. The number of hydrogen-bond acceptors (Lipinski definition) is 5. The Morgan fingerprint density at radius 3 is 2.19 bits per heavy atom. The SMILES string of the molecule is Cc1ccc(C2/C(=C(\[O-])c3ccc(S(=O)(=O)N(C)C)cc3)C(=O)C(=O)N2CC[NH+]2CCCCC2)cc1. The fraction of sp³-hybridized carbons (Fsp3) is 0.407. The summed E-state index contributed by atoms with van der Waals surface area (Å²) in [7, 11) is -0.799. The van der Waals surface area contributed by atoms with Crippen molar-refractivity contribution in [2.24, 2.45) is 0 Å². The zero-order valence-electron chi connectivity index (χ0n) is 21.0. The summed E-state index contributed by atoms with van der Waals surface area (Å²) in [5.41, 5.74) is 1.83. The van der Waals surface area contributed by atoms with Crippen molar-refractivity contribution in [3.8, 4) is 0 Å². The van der Waals surface area contributed by atoms with E-state index in [0.29, 0.717) is 12.1 Å². The molecule has 0 saturated carbocycles. The average Bonchev–Trinajstić information content (AvgIpc) is 3.13. The minimum Gasteiger partial charge on any atom is -0.872 e. The van der Waals surface area contributed by atoms with Gasteiger partial charge in [-0.3, -0.25) is 9.59 Å². The molecule has 1 N–H and O–H groups in total. The Balaban J connectivity index is 1.72. The first-order valence-electron chi connectivity index (χ1n) is 12.3. The van der Waals surface area contributed by atoms with E-state index in [1.165, 1.54) is 54.6 Å². The fourth-order valence-corrected chi connectivity index (χ4v) is 5.82. The Hall–Kier alpha value is -3.01. The quantitative estimate of drug-likeness (QED) is 0.332. The second-order valence-corrected chi connectivity index (χ2v) is 11.9. The maximum Gasteiger partial charge on any atom is 0.295 e. The number of nitrogens with zero attached hydrogens (tertiary/aromatic N) is 2. The number of aryl methyl sites for hydroxylation is 1. The zero-order chi connectivity index (χ0) is 26.0. The molecule has 2 aliphatic rings. The van der Waals surface area contributed by atoms with Gasteiger partial charge in [0.15, 0.2) is 0 Å². The molecule has 1 amide bonds. The van der Waals surface area contributed by atoms with E-state index in [1.54, 1.807) is 0 Å². The van der Waals surface area contributed by atoms with Gasteiger partial charge < -0.3 is 14.9 Å². The van der Waals surface area contributed by atoms with E-state index in [1.807, 2.05) is 31.2 Å². The number of rotatable bonds is 7. The van der Waals surface area contributed by atoms with E-state index in [9.17, 15) is 23.1 Å². The van der Waals surface area contributed by atoms with E-state index in [2.05, 4.69) is 0 Å². The number of Topliss-reactive ketones (excluding diaryl/α,β-unsaturated/α-hetero) is 1. The largest absolute Gasteiger partial charge is 0.872 e. The van der Waals surface area contributed by atoms with Gasteiger partial charge in [0.25, 0.3) is 5.91 Å². The molecule has 1 unspecified atom stereocenters. The molecule has 0 bridgehead atoms. The average molecular weight is 512 g/mol. The van der Waals surface area contributed by atoms with Crippen LogP contribution in [0.1, 0.15) is 42.0 Å². The van der Waals surface area contributed by atoms with Crippen LogP contribution in [0.15, 0.2) is 59.0 Å². The van der Waals surface area contributed by atoms with Gasteiger partial charge in [0.2, 0.25) is 15.8 Å². The molecule has 2 aromatic carbocycles. The fourth-order valence-electron chi connectivity index (χ4n) is 4.92. The number of amides is 1. The highest BCUT2D eigenvalue weighted by Crippen LogP contribution is 2.38. The van der Waals surface area contributed by atoms with Crippen LogP contribution in [0.3, 0.4) is 0 Å². The third kappa shape index (κ3) is 5.09. The summed E-state index contributed by atoms with van der Waals surface area (Å²) >= 11 is 0. The lowest BCUT2D eigenvalue weighted by Crippen LogP contribution is -3.13. The Morgan fingerprint density at radius 2 is 1.61 bits per heavy atom. The summed E-state index contributed by atoms with van der Waals surface area (Å²) in [5, 5.41) is 13.6. The van der Waals surface area contributed by atoms with Gasteiger partial charge in [0.1, 0.15) is 0 Å². The number of carbonyl (C=O) groups excluding carboxylic acids is 2. The Morgan fingerprint density at radius 1 is 1.00 bits per heavy atom. The maximum absolute atomic E-state index is 13.6. The number of benzene rings is 2. The molecule has 1 atom stereocenters. The molecule has 2 fully saturated rings. The van der Waals surface area contributed by atoms with Gasteiger partial charge in [-0.2, -0.15) is 0 Å². The standard InChI is InChI=1S/C27H33N3O5S/c1-19-7-9-20(10-8-19)24-23(25(31)21-11-13-22(14-12-21)36(34,35)28(2)3)26(32)27(33)30(24)18-17-29-15-5-4-6-16-29/h7-14,24,31H,4-6,15-18H2,1-3H3/b25-23+. The highest BCUT2D eigenvalue weighted by molar-refractivity contribution is 7.89. The summed E-state index contributed by atoms with van der Waals surface area (Å²) in [6.45, 7) is 5.15. The molecule has 2 aromatic rings. The molecule has 0 aliphatic carbocycles. The second kappa shape index (κ2) is 10.5. The van der Waals surface area contributed by atoms with Crippen LogP contribution >= 0.6 is 0 Å². The van der Waals surface area contributed by atoms with Crippen molar-refractivity contribution in [2.45, 2.75) is 37.1 Å². The summed E-state index contributed by atoms with van der Waals surface area (Å²) < 4.78 is 25.9. The number of quaternary nitrogens is 1. The summed E-state index contributed by atoms with van der Waals surface area (Å²) in [6, 6.07) is 12.2. The summed E-state index contributed by atoms with van der Waals surface area (Å²) in [4.78, 5) is 29.3. The molecular weight excluding hydrogens is 478 g/mol. The second-order valence-electron chi connectivity index (χ2n) is 9.76. The van der Waals surface area contributed by atoms with Gasteiger partial charge in [0, 0.05) is 19.7 Å². The Bertz CT molecular complexity index is 1260. The molecule has 8 nitrogen and oxygen atoms in total. The molecule has 36 heavy (non-hydrogen) atoms.